The third kappa shape index (κ3) is 8.57. The van der Waals surface area contributed by atoms with Crippen molar-refractivity contribution in [1.29, 1.82) is 0 Å². The lowest BCUT2D eigenvalue weighted by Gasteiger charge is -2.21. The summed E-state index contributed by atoms with van der Waals surface area (Å²) < 4.78 is 10.6. The SMILES string of the molecule is COc1ccc(N(C(=O)O)c2ccnc(Nc3cccc(C(=O)NCCCCCCN(C)C)c3)n2)c(OC)c1. The van der Waals surface area contributed by atoms with Gasteiger partial charge < -0.3 is 30.1 Å². The fourth-order valence-electron chi connectivity index (χ4n) is 3.91. The molecule has 0 atom stereocenters. The second-order valence-corrected chi connectivity index (χ2v) is 9.07. The zero-order valence-corrected chi connectivity index (χ0v) is 22.8. The van der Waals surface area contributed by atoms with Crippen LogP contribution in [0.5, 0.6) is 11.5 Å². The largest absolute Gasteiger partial charge is 0.497 e. The summed E-state index contributed by atoms with van der Waals surface area (Å²) in [4.78, 5) is 36.6. The van der Waals surface area contributed by atoms with Gasteiger partial charge in [0.1, 0.15) is 17.3 Å². The van der Waals surface area contributed by atoms with Crippen molar-refractivity contribution in [2.75, 3.05) is 51.6 Å². The van der Waals surface area contributed by atoms with Crippen molar-refractivity contribution in [3.63, 3.8) is 0 Å². The van der Waals surface area contributed by atoms with E-state index in [4.69, 9.17) is 9.47 Å². The number of anilines is 4. The van der Waals surface area contributed by atoms with Crippen molar-refractivity contribution in [3.8, 4) is 11.5 Å². The monoisotopic (exact) mass is 536 g/mol. The van der Waals surface area contributed by atoms with E-state index >= 15 is 0 Å². The normalized spacial score (nSPS) is 10.7. The number of benzene rings is 2. The molecular weight excluding hydrogens is 500 g/mol. The van der Waals surface area contributed by atoms with E-state index < -0.39 is 6.09 Å². The Labute approximate surface area is 228 Å². The molecule has 0 aliphatic rings. The molecule has 0 radical (unpaired) electrons. The van der Waals surface area contributed by atoms with Gasteiger partial charge in [-0.2, -0.15) is 4.98 Å². The van der Waals surface area contributed by atoms with Crippen molar-refractivity contribution in [2.24, 2.45) is 0 Å². The van der Waals surface area contributed by atoms with Gasteiger partial charge in [-0.15, -0.1) is 0 Å². The van der Waals surface area contributed by atoms with E-state index in [0.29, 0.717) is 29.3 Å². The fraction of sp³-hybridized carbons (Fsp3) is 0.357. The molecule has 11 nitrogen and oxygen atoms in total. The lowest BCUT2D eigenvalue weighted by atomic mass is 10.1. The van der Waals surface area contributed by atoms with E-state index in [2.05, 4.69) is 39.6 Å². The number of carbonyl (C=O) groups excluding carboxylic acids is 1. The summed E-state index contributed by atoms with van der Waals surface area (Å²) in [5.41, 5.74) is 1.36. The number of carboxylic acid groups (broad SMARTS) is 1. The van der Waals surface area contributed by atoms with Crippen LogP contribution < -0.4 is 25.0 Å². The van der Waals surface area contributed by atoms with E-state index in [1.165, 1.54) is 26.5 Å². The maximum absolute atomic E-state index is 12.6. The van der Waals surface area contributed by atoms with Crippen molar-refractivity contribution in [1.82, 2.24) is 20.2 Å². The Balaban J connectivity index is 1.67. The molecule has 2 aromatic carbocycles. The Kier molecular flexibility index (Phi) is 10.9. The smallest absolute Gasteiger partial charge is 0.417 e. The molecular formula is C28H36N6O5. The lowest BCUT2D eigenvalue weighted by Crippen LogP contribution is -2.25. The molecule has 0 aliphatic heterocycles. The quantitative estimate of drug-likeness (QED) is 0.246. The molecule has 1 heterocycles. The second-order valence-electron chi connectivity index (χ2n) is 9.07. The highest BCUT2D eigenvalue weighted by Gasteiger charge is 2.23. The molecule has 0 bridgehead atoms. The number of hydrogen-bond acceptors (Lipinski definition) is 8. The highest BCUT2D eigenvalue weighted by Crippen LogP contribution is 2.36. The van der Waals surface area contributed by atoms with Gasteiger partial charge in [-0.05, 0) is 63.8 Å². The van der Waals surface area contributed by atoms with Crippen LogP contribution in [0.25, 0.3) is 0 Å². The molecule has 3 N–H and O–H groups in total. The van der Waals surface area contributed by atoms with E-state index in [0.717, 1.165) is 37.1 Å². The molecule has 0 saturated heterocycles. The molecule has 0 unspecified atom stereocenters. The zero-order chi connectivity index (χ0) is 28.2. The van der Waals surface area contributed by atoms with Crippen LogP contribution in [0.4, 0.5) is 27.9 Å². The maximum atomic E-state index is 12.6. The summed E-state index contributed by atoms with van der Waals surface area (Å²) >= 11 is 0. The Morgan fingerprint density at radius 1 is 0.974 bits per heavy atom. The highest BCUT2D eigenvalue weighted by molar-refractivity contribution is 5.96. The van der Waals surface area contributed by atoms with Gasteiger partial charge in [-0.3, -0.25) is 4.79 Å². The summed E-state index contributed by atoms with van der Waals surface area (Å²) in [5.74, 6) is 0.946. The third-order valence-electron chi connectivity index (χ3n) is 5.89. The molecule has 2 amide bonds. The molecule has 0 saturated carbocycles. The minimum absolute atomic E-state index is 0.114. The summed E-state index contributed by atoms with van der Waals surface area (Å²) in [6.45, 7) is 1.69. The molecule has 0 fully saturated rings. The van der Waals surface area contributed by atoms with E-state index in [1.807, 2.05) is 0 Å². The topological polar surface area (TPSA) is 129 Å². The van der Waals surface area contributed by atoms with E-state index in [9.17, 15) is 14.7 Å². The number of carbonyl (C=O) groups is 2. The lowest BCUT2D eigenvalue weighted by molar-refractivity contribution is 0.0953. The Morgan fingerprint density at radius 2 is 1.77 bits per heavy atom. The van der Waals surface area contributed by atoms with Crippen LogP contribution in [0, 0.1) is 0 Å². The number of nitrogens with one attached hydrogen (secondary N) is 2. The summed E-state index contributed by atoms with van der Waals surface area (Å²) in [5, 5.41) is 16.0. The van der Waals surface area contributed by atoms with Crippen LogP contribution in [-0.2, 0) is 0 Å². The standard InChI is InChI=1S/C28H36N6O5/c1-33(2)17-8-6-5-7-15-29-26(35)20-10-9-11-21(18-20)31-27-30-16-14-25(32-27)34(28(36)37)23-13-12-22(38-3)19-24(23)39-4/h9-14,16,18-19H,5-8,15,17H2,1-4H3,(H,29,35)(H,36,37)(H,30,31,32). The van der Waals surface area contributed by atoms with Gasteiger partial charge in [0.15, 0.2) is 0 Å². The third-order valence-corrected chi connectivity index (χ3v) is 5.89. The van der Waals surface area contributed by atoms with Gasteiger partial charge in [0.2, 0.25) is 5.95 Å². The van der Waals surface area contributed by atoms with Crippen molar-refractivity contribution in [3.05, 3.63) is 60.3 Å². The average molecular weight is 537 g/mol. The molecule has 39 heavy (non-hydrogen) atoms. The summed E-state index contributed by atoms with van der Waals surface area (Å²) in [7, 11) is 7.09. The van der Waals surface area contributed by atoms with Crippen molar-refractivity contribution >= 4 is 35.1 Å². The predicted molar refractivity (Wildman–Crippen MR) is 151 cm³/mol. The molecule has 3 rings (SSSR count). The van der Waals surface area contributed by atoms with Crippen molar-refractivity contribution in [2.45, 2.75) is 25.7 Å². The number of ether oxygens (including phenoxy) is 2. The zero-order valence-electron chi connectivity index (χ0n) is 22.8. The second kappa shape index (κ2) is 14.5. The highest BCUT2D eigenvalue weighted by atomic mass is 16.5. The number of methoxy groups -OCH3 is 2. The summed E-state index contributed by atoms with van der Waals surface area (Å²) in [6, 6.07) is 13.2. The molecule has 1 aromatic heterocycles. The van der Waals surface area contributed by atoms with E-state index in [1.54, 1.807) is 42.5 Å². The van der Waals surface area contributed by atoms with Crippen LogP contribution in [-0.4, -0.2) is 73.4 Å². The first-order valence-corrected chi connectivity index (χ1v) is 12.7. The number of hydrogen-bond donors (Lipinski definition) is 3. The molecule has 0 spiro atoms. The number of amides is 2. The van der Waals surface area contributed by atoms with Crippen molar-refractivity contribution < 1.29 is 24.2 Å². The van der Waals surface area contributed by atoms with Crippen LogP contribution in [0.3, 0.4) is 0 Å². The molecule has 3 aromatic rings. The Bertz CT molecular complexity index is 1250. The van der Waals surface area contributed by atoms with Crippen LogP contribution in [0.15, 0.2) is 54.7 Å². The number of aromatic nitrogens is 2. The summed E-state index contributed by atoms with van der Waals surface area (Å²) in [6.07, 6.45) is 4.48. The maximum Gasteiger partial charge on any atom is 0.417 e. The molecule has 208 valence electrons. The fourth-order valence-corrected chi connectivity index (χ4v) is 3.91. The molecule has 0 aliphatic carbocycles. The minimum Gasteiger partial charge on any atom is -0.497 e. The van der Waals surface area contributed by atoms with Gasteiger partial charge in [-0.1, -0.05) is 18.9 Å². The first kappa shape index (κ1) is 29.2. The average Bonchev–Trinajstić information content (AvgIpc) is 2.92. The first-order valence-electron chi connectivity index (χ1n) is 12.7. The van der Waals surface area contributed by atoms with Gasteiger partial charge in [0.05, 0.1) is 19.9 Å². The van der Waals surface area contributed by atoms with Gasteiger partial charge in [0, 0.05) is 36.1 Å². The molecule has 11 heteroatoms. The van der Waals surface area contributed by atoms with Gasteiger partial charge >= 0.3 is 6.09 Å². The first-order chi connectivity index (χ1) is 18.8. The number of nitrogens with zero attached hydrogens (tertiary/aromatic N) is 4. The van der Waals surface area contributed by atoms with Crippen LogP contribution in [0.1, 0.15) is 36.0 Å². The minimum atomic E-state index is -1.25. The number of unbranched alkanes of at least 4 members (excludes halogenated alkanes) is 3. The van der Waals surface area contributed by atoms with Gasteiger partial charge in [0.25, 0.3) is 5.91 Å². The van der Waals surface area contributed by atoms with E-state index in [-0.39, 0.29) is 23.4 Å². The Morgan fingerprint density at radius 3 is 2.49 bits per heavy atom. The van der Waals surface area contributed by atoms with Crippen LogP contribution in [0.2, 0.25) is 0 Å². The van der Waals surface area contributed by atoms with Gasteiger partial charge in [-0.25, -0.2) is 14.7 Å². The predicted octanol–water partition coefficient (Wildman–Crippen LogP) is 4.91. The number of rotatable bonds is 14. The Hall–Kier alpha value is -4.38. The van der Waals surface area contributed by atoms with Crippen LogP contribution >= 0.6 is 0 Å².